The number of hydrogen-bond donors (Lipinski definition) is 2. The molecule has 1 aliphatic rings. The Hall–Kier alpha value is -5.12. The first kappa shape index (κ1) is 29.0. The second-order valence-electron chi connectivity index (χ2n) is 11.8. The maximum atomic E-state index is 12.9. The van der Waals surface area contributed by atoms with Crippen LogP contribution in [0.3, 0.4) is 0 Å². The number of carbonyl (C=O) groups is 1. The zero-order valence-electron chi connectivity index (χ0n) is 25.2. The van der Waals surface area contributed by atoms with E-state index < -0.39 is 5.60 Å². The number of nitrogens with one attached hydrogen (secondary N) is 2. The molecule has 1 amide bonds. The van der Waals surface area contributed by atoms with Gasteiger partial charge in [-0.25, -0.2) is 9.78 Å². The Morgan fingerprint density at radius 1 is 0.932 bits per heavy atom. The minimum atomic E-state index is -0.551. The zero-order chi connectivity index (χ0) is 30.5. The van der Waals surface area contributed by atoms with Crippen molar-refractivity contribution in [3.63, 3.8) is 0 Å². The monoisotopic (exact) mass is 591 g/mol. The highest BCUT2D eigenvalue weighted by Gasteiger charge is 2.30. The molecule has 10 heteroatoms. The summed E-state index contributed by atoms with van der Waals surface area (Å²) in [6.45, 7) is 7.41. The summed E-state index contributed by atoms with van der Waals surface area (Å²) in [5, 5.41) is 6.82. The van der Waals surface area contributed by atoms with E-state index in [-0.39, 0.29) is 12.1 Å². The second kappa shape index (κ2) is 12.6. The fourth-order valence-corrected chi connectivity index (χ4v) is 5.18. The molecule has 0 saturated carbocycles. The Bertz CT molecular complexity index is 1700. The van der Waals surface area contributed by atoms with E-state index in [1.807, 2.05) is 93.6 Å². The van der Waals surface area contributed by atoms with Crippen molar-refractivity contribution >= 4 is 34.7 Å². The molecule has 0 spiro atoms. The van der Waals surface area contributed by atoms with E-state index in [4.69, 9.17) is 24.4 Å². The van der Waals surface area contributed by atoms with Crippen LogP contribution < -0.4 is 15.4 Å². The Balaban J connectivity index is 1.27. The number of benzene rings is 3. The van der Waals surface area contributed by atoms with Gasteiger partial charge in [0.1, 0.15) is 17.1 Å². The minimum Gasteiger partial charge on any atom is -0.457 e. The lowest BCUT2D eigenvalue weighted by atomic mass is 10.1. The lowest BCUT2D eigenvalue weighted by Gasteiger charge is -2.34. The van der Waals surface area contributed by atoms with Crippen molar-refractivity contribution in [3.05, 3.63) is 96.8 Å². The quantitative estimate of drug-likeness (QED) is 0.191. The molecule has 44 heavy (non-hydrogen) atoms. The SMILES string of the molecule is CC(C)(C)OC(=O)N1CCCC(n2cnc3c(NCc4ccccc4)nc(Nc4ccc(Oc5ccccc5)cc4)nc32)C1. The van der Waals surface area contributed by atoms with Gasteiger partial charge in [-0.05, 0) is 75.6 Å². The van der Waals surface area contributed by atoms with Crippen molar-refractivity contribution < 1.29 is 14.3 Å². The van der Waals surface area contributed by atoms with Gasteiger partial charge in [0, 0.05) is 25.3 Å². The number of fused-ring (bicyclic) bond motifs is 1. The number of ether oxygens (including phenoxy) is 2. The van der Waals surface area contributed by atoms with Crippen molar-refractivity contribution in [2.45, 2.75) is 51.8 Å². The minimum absolute atomic E-state index is 0.000380. The van der Waals surface area contributed by atoms with Gasteiger partial charge in [-0.3, -0.25) is 0 Å². The topological polar surface area (TPSA) is 106 Å². The number of rotatable bonds is 8. The highest BCUT2D eigenvalue weighted by molar-refractivity contribution is 5.85. The van der Waals surface area contributed by atoms with Crippen LogP contribution in [0.1, 0.15) is 45.2 Å². The first-order valence-corrected chi connectivity index (χ1v) is 14.9. The van der Waals surface area contributed by atoms with Gasteiger partial charge in [-0.1, -0.05) is 48.5 Å². The summed E-state index contributed by atoms with van der Waals surface area (Å²) in [7, 11) is 0. The smallest absolute Gasteiger partial charge is 0.410 e. The molecule has 1 saturated heterocycles. The standard InChI is InChI=1S/C34H37N7O3/c1-34(2,3)44-33(42)40-20-10-13-26(22-40)41-23-36-29-30(35-21-24-11-6-4-7-12-24)38-32(39-31(29)41)37-25-16-18-28(19-17-25)43-27-14-8-5-9-15-27/h4-9,11-12,14-19,23,26H,10,13,20-22H2,1-3H3,(H2,35,37,38,39). The molecule has 0 radical (unpaired) electrons. The number of nitrogens with zero attached hydrogens (tertiary/aromatic N) is 5. The first-order valence-electron chi connectivity index (χ1n) is 14.9. The van der Waals surface area contributed by atoms with Gasteiger partial charge in [0.25, 0.3) is 0 Å². The molecule has 2 N–H and O–H groups in total. The predicted molar refractivity (Wildman–Crippen MR) is 171 cm³/mol. The normalized spacial score (nSPS) is 15.2. The number of anilines is 3. The molecule has 1 aliphatic heterocycles. The molecule has 0 bridgehead atoms. The molecular weight excluding hydrogens is 554 g/mol. The summed E-state index contributed by atoms with van der Waals surface area (Å²) in [4.78, 5) is 29.1. The van der Waals surface area contributed by atoms with Gasteiger partial charge in [-0.2, -0.15) is 9.97 Å². The summed E-state index contributed by atoms with van der Waals surface area (Å²) >= 11 is 0. The summed E-state index contributed by atoms with van der Waals surface area (Å²) in [5.41, 5.74) is 2.76. The summed E-state index contributed by atoms with van der Waals surface area (Å²) in [5.74, 6) is 2.57. The van der Waals surface area contributed by atoms with E-state index in [1.165, 1.54) is 0 Å². The van der Waals surface area contributed by atoms with Gasteiger partial charge >= 0.3 is 6.09 Å². The molecule has 226 valence electrons. The predicted octanol–water partition coefficient (Wildman–Crippen LogP) is 7.55. The highest BCUT2D eigenvalue weighted by Crippen LogP contribution is 2.30. The number of carbonyl (C=O) groups excluding carboxylic acids is 1. The largest absolute Gasteiger partial charge is 0.457 e. The van der Waals surface area contributed by atoms with E-state index in [0.29, 0.717) is 42.6 Å². The average Bonchev–Trinajstić information content (AvgIpc) is 3.45. The lowest BCUT2D eigenvalue weighted by molar-refractivity contribution is 0.0174. The van der Waals surface area contributed by atoms with Gasteiger partial charge in [-0.15, -0.1) is 0 Å². The molecule has 5 aromatic rings. The maximum Gasteiger partial charge on any atom is 0.410 e. The summed E-state index contributed by atoms with van der Waals surface area (Å²) in [6, 6.07) is 27.5. The average molecular weight is 592 g/mol. The number of hydrogen-bond acceptors (Lipinski definition) is 8. The van der Waals surface area contributed by atoms with Gasteiger partial charge in [0.05, 0.1) is 12.4 Å². The Morgan fingerprint density at radius 2 is 1.64 bits per heavy atom. The van der Waals surface area contributed by atoms with Gasteiger partial charge in [0.2, 0.25) is 5.95 Å². The summed E-state index contributed by atoms with van der Waals surface area (Å²) in [6.07, 6.45) is 3.26. The van der Waals surface area contributed by atoms with Crippen LogP contribution in [-0.4, -0.2) is 49.2 Å². The Kier molecular flexibility index (Phi) is 8.31. The molecule has 10 nitrogen and oxygen atoms in total. The Labute approximate surface area is 257 Å². The number of imidazole rings is 1. The summed E-state index contributed by atoms with van der Waals surface area (Å²) < 4.78 is 13.7. The van der Waals surface area contributed by atoms with Crippen LogP contribution in [-0.2, 0) is 11.3 Å². The lowest BCUT2D eigenvalue weighted by Crippen LogP contribution is -2.43. The zero-order valence-corrected chi connectivity index (χ0v) is 25.2. The van der Waals surface area contributed by atoms with Crippen molar-refractivity contribution in [1.29, 1.82) is 0 Å². The van der Waals surface area contributed by atoms with Crippen molar-refractivity contribution in [1.82, 2.24) is 24.4 Å². The number of piperidine rings is 1. The van der Waals surface area contributed by atoms with E-state index in [0.717, 1.165) is 35.6 Å². The van der Waals surface area contributed by atoms with Crippen LogP contribution in [0.4, 0.5) is 22.2 Å². The molecule has 0 aliphatic carbocycles. The molecule has 3 heterocycles. The third kappa shape index (κ3) is 7.08. The molecule has 2 aromatic heterocycles. The van der Waals surface area contributed by atoms with Crippen LogP contribution in [0.15, 0.2) is 91.3 Å². The van der Waals surface area contributed by atoms with Crippen LogP contribution in [0.5, 0.6) is 11.5 Å². The van der Waals surface area contributed by atoms with Crippen molar-refractivity contribution in [3.8, 4) is 11.5 Å². The number of aromatic nitrogens is 4. The number of amides is 1. The van der Waals surface area contributed by atoms with Crippen LogP contribution in [0.2, 0.25) is 0 Å². The van der Waals surface area contributed by atoms with Crippen molar-refractivity contribution in [2.75, 3.05) is 23.7 Å². The van der Waals surface area contributed by atoms with Crippen LogP contribution in [0.25, 0.3) is 11.2 Å². The molecule has 1 unspecified atom stereocenters. The third-order valence-corrected chi connectivity index (χ3v) is 7.26. The fraction of sp³-hybridized carbons (Fsp3) is 0.294. The number of para-hydroxylation sites is 1. The second-order valence-corrected chi connectivity index (χ2v) is 11.8. The number of likely N-dealkylation sites (tertiary alicyclic amines) is 1. The van der Waals surface area contributed by atoms with Gasteiger partial charge < -0.3 is 29.6 Å². The molecule has 3 aromatic carbocycles. The van der Waals surface area contributed by atoms with E-state index >= 15 is 0 Å². The molecular formula is C34H37N7O3. The molecule has 1 fully saturated rings. The highest BCUT2D eigenvalue weighted by atomic mass is 16.6. The maximum absolute atomic E-state index is 12.9. The van der Waals surface area contributed by atoms with Crippen LogP contribution in [0, 0.1) is 0 Å². The van der Waals surface area contributed by atoms with E-state index in [9.17, 15) is 4.79 Å². The van der Waals surface area contributed by atoms with E-state index in [1.54, 1.807) is 11.2 Å². The van der Waals surface area contributed by atoms with Crippen molar-refractivity contribution in [2.24, 2.45) is 0 Å². The first-order chi connectivity index (χ1) is 21.3. The van der Waals surface area contributed by atoms with Crippen LogP contribution >= 0.6 is 0 Å². The third-order valence-electron chi connectivity index (χ3n) is 7.26. The molecule has 1 atom stereocenters. The van der Waals surface area contributed by atoms with E-state index in [2.05, 4.69) is 27.3 Å². The Morgan fingerprint density at radius 3 is 2.36 bits per heavy atom. The van der Waals surface area contributed by atoms with Gasteiger partial charge in [0.15, 0.2) is 17.0 Å². The fourth-order valence-electron chi connectivity index (χ4n) is 5.18. The molecule has 6 rings (SSSR count).